The minimum absolute atomic E-state index is 0.114. The van der Waals surface area contributed by atoms with E-state index in [1.807, 2.05) is 0 Å². The van der Waals surface area contributed by atoms with Gasteiger partial charge >= 0.3 is 6.18 Å². The SMILES string of the molecule is CC(CCCl)NC(=O)c1ccc(C(F)(F)F)cc1. The molecule has 1 aromatic carbocycles. The van der Waals surface area contributed by atoms with E-state index in [-0.39, 0.29) is 11.6 Å². The summed E-state index contributed by atoms with van der Waals surface area (Å²) in [5.74, 6) is 0.00963. The highest BCUT2D eigenvalue weighted by Gasteiger charge is 2.30. The number of benzene rings is 1. The molecule has 0 aromatic heterocycles. The van der Waals surface area contributed by atoms with Gasteiger partial charge in [-0.05, 0) is 37.6 Å². The van der Waals surface area contributed by atoms with E-state index in [2.05, 4.69) is 5.32 Å². The first-order chi connectivity index (χ1) is 8.34. The second-order valence-corrected chi connectivity index (χ2v) is 4.31. The lowest BCUT2D eigenvalue weighted by atomic mass is 10.1. The van der Waals surface area contributed by atoms with E-state index in [9.17, 15) is 18.0 Å². The molecule has 6 heteroatoms. The molecule has 0 aliphatic heterocycles. The summed E-state index contributed by atoms with van der Waals surface area (Å²) >= 11 is 5.52. The highest BCUT2D eigenvalue weighted by Crippen LogP contribution is 2.29. The molecule has 1 atom stereocenters. The Kier molecular flexibility index (Phi) is 5.02. The van der Waals surface area contributed by atoms with Gasteiger partial charge in [-0.2, -0.15) is 13.2 Å². The highest BCUT2D eigenvalue weighted by molar-refractivity contribution is 6.17. The zero-order valence-corrected chi connectivity index (χ0v) is 10.5. The first-order valence-electron chi connectivity index (χ1n) is 5.38. The molecule has 1 N–H and O–H groups in total. The number of alkyl halides is 4. The predicted octanol–water partition coefficient (Wildman–Crippen LogP) is 3.45. The number of nitrogens with one attached hydrogen (secondary N) is 1. The normalized spacial score (nSPS) is 13.2. The van der Waals surface area contributed by atoms with Gasteiger partial charge in [-0.1, -0.05) is 0 Å². The molecule has 0 radical (unpaired) electrons. The van der Waals surface area contributed by atoms with Crippen LogP contribution < -0.4 is 5.32 Å². The molecule has 0 spiro atoms. The molecule has 0 aliphatic carbocycles. The van der Waals surface area contributed by atoms with E-state index in [1.54, 1.807) is 6.92 Å². The Labute approximate surface area is 108 Å². The van der Waals surface area contributed by atoms with Crippen LogP contribution in [-0.2, 0) is 6.18 Å². The minimum Gasteiger partial charge on any atom is -0.350 e. The van der Waals surface area contributed by atoms with Gasteiger partial charge in [-0.25, -0.2) is 0 Å². The van der Waals surface area contributed by atoms with Gasteiger partial charge in [0, 0.05) is 17.5 Å². The van der Waals surface area contributed by atoms with Gasteiger partial charge in [0.2, 0.25) is 0 Å². The Morgan fingerprint density at radius 2 is 1.89 bits per heavy atom. The maximum atomic E-state index is 12.3. The average Bonchev–Trinajstić information content (AvgIpc) is 2.28. The lowest BCUT2D eigenvalue weighted by Crippen LogP contribution is -2.32. The van der Waals surface area contributed by atoms with Gasteiger partial charge in [0.1, 0.15) is 0 Å². The molecule has 0 aliphatic rings. The first-order valence-corrected chi connectivity index (χ1v) is 5.92. The molecule has 0 saturated heterocycles. The van der Waals surface area contributed by atoms with Crippen LogP contribution >= 0.6 is 11.6 Å². The molecule has 18 heavy (non-hydrogen) atoms. The molecule has 0 saturated carbocycles. The van der Waals surface area contributed by atoms with Gasteiger partial charge in [0.25, 0.3) is 5.91 Å². The third kappa shape index (κ3) is 4.22. The molecular formula is C12H13ClF3NO. The van der Waals surface area contributed by atoms with Crippen LogP contribution in [0.1, 0.15) is 29.3 Å². The fourth-order valence-corrected chi connectivity index (χ4v) is 1.68. The van der Waals surface area contributed by atoms with Crippen molar-refractivity contribution < 1.29 is 18.0 Å². The summed E-state index contributed by atoms with van der Waals surface area (Å²) in [5.41, 5.74) is -0.572. The number of amides is 1. The number of halogens is 4. The largest absolute Gasteiger partial charge is 0.416 e. The van der Waals surface area contributed by atoms with Crippen LogP contribution in [0.4, 0.5) is 13.2 Å². The maximum Gasteiger partial charge on any atom is 0.416 e. The Morgan fingerprint density at radius 3 is 2.33 bits per heavy atom. The van der Waals surface area contributed by atoms with Crippen molar-refractivity contribution in [1.82, 2.24) is 5.32 Å². The molecule has 100 valence electrons. The topological polar surface area (TPSA) is 29.1 Å². The van der Waals surface area contributed by atoms with Crippen molar-refractivity contribution in [3.63, 3.8) is 0 Å². The lowest BCUT2D eigenvalue weighted by molar-refractivity contribution is -0.137. The quantitative estimate of drug-likeness (QED) is 0.841. The van der Waals surface area contributed by atoms with Crippen molar-refractivity contribution in [1.29, 1.82) is 0 Å². The summed E-state index contributed by atoms with van der Waals surface area (Å²) in [4.78, 5) is 11.7. The van der Waals surface area contributed by atoms with E-state index in [1.165, 1.54) is 0 Å². The van der Waals surface area contributed by atoms with Gasteiger partial charge < -0.3 is 5.32 Å². The number of carbonyl (C=O) groups excluding carboxylic acids is 1. The van der Waals surface area contributed by atoms with Crippen LogP contribution in [0.15, 0.2) is 24.3 Å². The standard InChI is InChI=1S/C12H13ClF3NO/c1-8(6-7-13)17-11(18)9-2-4-10(5-3-9)12(14,15)16/h2-5,8H,6-7H2,1H3,(H,17,18). The number of rotatable bonds is 4. The van der Waals surface area contributed by atoms with Gasteiger partial charge in [-0.15, -0.1) is 11.6 Å². The molecule has 0 heterocycles. The third-order valence-corrected chi connectivity index (χ3v) is 2.61. The van der Waals surface area contributed by atoms with Crippen molar-refractivity contribution in [2.75, 3.05) is 5.88 Å². The van der Waals surface area contributed by atoms with E-state index >= 15 is 0 Å². The monoisotopic (exact) mass is 279 g/mol. The molecule has 0 bridgehead atoms. The summed E-state index contributed by atoms with van der Waals surface area (Å²) in [5, 5.41) is 2.65. The first kappa shape index (κ1) is 14.8. The summed E-state index contributed by atoms with van der Waals surface area (Å²) in [6.45, 7) is 1.78. The Balaban J connectivity index is 2.71. The van der Waals surface area contributed by atoms with Crippen LogP contribution in [0, 0.1) is 0 Å². The average molecular weight is 280 g/mol. The molecule has 2 nitrogen and oxygen atoms in total. The zero-order valence-electron chi connectivity index (χ0n) is 9.72. The van der Waals surface area contributed by atoms with Crippen molar-refractivity contribution in [3.05, 3.63) is 35.4 Å². The number of hydrogen-bond acceptors (Lipinski definition) is 1. The van der Waals surface area contributed by atoms with E-state index in [4.69, 9.17) is 11.6 Å². The molecule has 0 fully saturated rings. The second kappa shape index (κ2) is 6.09. The van der Waals surface area contributed by atoms with Crippen LogP contribution in [-0.4, -0.2) is 17.8 Å². The second-order valence-electron chi connectivity index (χ2n) is 3.93. The maximum absolute atomic E-state index is 12.3. The zero-order chi connectivity index (χ0) is 13.8. The summed E-state index contributed by atoms with van der Waals surface area (Å²) in [7, 11) is 0. The Hall–Kier alpha value is -1.23. The molecule has 1 unspecified atom stereocenters. The fourth-order valence-electron chi connectivity index (χ4n) is 1.35. The van der Waals surface area contributed by atoms with E-state index in [0.29, 0.717) is 12.3 Å². The van der Waals surface area contributed by atoms with Crippen molar-refractivity contribution in [2.24, 2.45) is 0 Å². The molecule has 1 aromatic rings. The van der Waals surface area contributed by atoms with Crippen LogP contribution in [0.5, 0.6) is 0 Å². The summed E-state index contributed by atoms with van der Waals surface area (Å²) in [6, 6.07) is 3.98. The lowest BCUT2D eigenvalue weighted by Gasteiger charge is -2.13. The van der Waals surface area contributed by atoms with Gasteiger partial charge in [-0.3, -0.25) is 4.79 Å². The van der Waals surface area contributed by atoms with Gasteiger partial charge in [0.15, 0.2) is 0 Å². The predicted molar refractivity (Wildman–Crippen MR) is 63.7 cm³/mol. The van der Waals surface area contributed by atoms with E-state index < -0.39 is 17.6 Å². The van der Waals surface area contributed by atoms with Gasteiger partial charge in [0.05, 0.1) is 5.56 Å². The smallest absolute Gasteiger partial charge is 0.350 e. The number of carbonyl (C=O) groups is 1. The molecule has 1 amide bonds. The molecule has 1 rings (SSSR count). The third-order valence-electron chi connectivity index (χ3n) is 2.39. The minimum atomic E-state index is -4.39. The Morgan fingerprint density at radius 1 is 1.33 bits per heavy atom. The van der Waals surface area contributed by atoms with Crippen molar-refractivity contribution in [2.45, 2.75) is 25.6 Å². The van der Waals surface area contributed by atoms with Crippen molar-refractivity contribution >= 4 is 17.5 Å². The Bertz CT molecular complexity index is 403. The summed E-state index contributed by atoms with van der Waals surface area (Å²) in [6.07, 6.45) is -3.78. The molecular weight excluding hydrogens is 267 g/mol. The van der Waals surface area contributed by atoms with Crippen LogP contribution in [0.3, 0.4) is 0 Å². The fraction of sp³-hybridized carbons (Fsp3) is 0.417. The highest BCUT2D eigenvalue weighted by atomic mass is 35.5. The number of hydrogen-bond donors (Lipinski definition) is 1. The van der Waals surface area contributed by atoms with Crippen LogP contribution in [0.2, 0.25) is 0 Å². The van der Waals surface area contributed by atoms with Crippen molar-refractivity contribution in [3.8, 4) is 0 Å². The van der Waals surface area contributed by atoms with Crippen LogP contribution in [0.25, 0.3) is 0 Å². The van der Waals surface area contributed by atoms with E-state index in [0.717, 1.165) is 24.3 Å². The summed E-state index contributed by atoms with van der Waals surface area (Å²) < 4.78 is 36.9.